The molecular formula is C20H21N3OS2. The van der Waals surface area contributed by atoms with Gasteiger partial charge in [-0.3, -0.25) is 0 Å². The Balaban J connectivity index is 1.35. The van der Waals surface area contributed by atoms with Gasteiger partial charge in [-0.2, -0.15) is 0 Å². The lowest BCUT2D eigenvalue weighted by molar-refractivity contribution is 0.194. The lowest BCUT2D eigenvalue weighted by Crippen LogP contribution is -2.40. The number of anilines is 1. The molecule has 2 amide bonds. The maximum atomic E-state index is 12.5. The van der Waals surface area contributed by atoms with Crippen molar-refractivity contribution in [1.29, 1.82) is 0 Å². The lowest BCUT2D eigenvalue weighted by Gasteiger charge is -2.31. The Morgan fingerprint density at radius 2 is 1.88 bits per heavy atom. The van der Waals surface area contributed by atoms with Crippen LogP contribution in [-0.2, 0) is 0 Å². The molecule has 0 spiro atoms. The number of carbonyl (C=O) groups excluding carboxylic acids is 1. The van der Waals surface area contributed by atoms with E-state index in [0.717, 1.165) is 37.1 Å². The Morgan fingerprint density at radius 3 is 2.58 bits per heavy atom. The monoisotopic (exact) mass is 383 g/mol. The van der Waals surface area contributed by atoms with Crippen molar-refractivity contribution in [2.75, 3.05) is 24.7 Å². The molecule has 1 aromatic heterocycles. The van der Waals surface area contributed by atoms with Crippen LogP contribution in [0.1, 0.15) is 23.8 Å². The van der Waals surface area contributed by atoms with E-state index in [4.69, 9.17) is 4.98 Å². The van der Waals surface area contributed by atoms with Crippen LogP contribution in [0.2, 0.25) is 0 Å². The SMILES string of the molecule is CSc1ccc(NC(=O)N2CCC(c3nc4ccccc4s3)CC2)cc1. The van der Waals surface area contributed by atoms with Crippen molar-refractivity contribution in [2.24, 2.45) is 0 Å². The number of likely N-dealkylation sites (tertiary alicyclic amines) is 1. The van der Waals surface area contributed by atoms with E-state index in [9.17, 15) is 4.79 Å². The molecule has 4 rings (SSSR count). The van der Waals surface area contributed by atoms with Gasteiger partial charge in [-0.15, -0.1) is 23.1 Å². The summed E-state index contributed by atoms with van der Waals surface area (Å²) in [7, 11) is 0. The van der Waals surface area contributed by atoms with E-state index in [0.29, 0.717) is 5.92 Å². The van der Waals surface area contributed by atoms with Gasteiger partial charge in [0.15, 0.2) is 0 Å². The van der Waals surface area contributed by atoms with Crippen LogP contribution in [0, 0.1) is 0 Å². The number of thioether (sulfide) groups is 1. The van der Waals surface area contributed by atoms with Crippen LogP contribution in [0.15, 0.2) is 53.4 Å². The van der Waals surface area contributed by atoms with E-state index in [1.54, 1.807) is 23.1 Å². The molecule has 1 aliphatic heterocycles. The van der Waals surface area contributed by atoms with Crippen molar-refractivity contribution in [2.45, 2.75) is 23.7 Å². The van der Waals surface area contributed by atoms with Gasteiger partial charge < -0.3 is 10.2 Å². The highest BCUT2D eigenvalue weighted by Gasteiger charge is 2.26. The number of piperidine rings is 1. The average Bonchev–Trinajstić information content (AvgIpc) is 3.13. The van der Waals surface area contributed by atoms with E-state index < -0.39 is 0 Å². The number of rotatable bonds is 3. The number of nitrogens with one attached hydrogen (secondary N) is 1. The second kappa shape index (κ2) is 7.68. The average molecular weight is 384 g/mol. The highest BCUT2D eigenvalue weighted by atomic mass is 32.2. The second-order valence-corrected chi connectivity index (χ2v) is 8.38. The van der Waals surface area contributed by atoms with Gasteiger partial charge in [0.05, 0.1) is 15.2 Å². The largest absolute Gasteiger partial charge is 0.324 e. The molecule has 1 N–H and O–H groups in total. The van der Waals surface area contributed by atoms with Gasteiger partial charge in [0.25, 0.3) is 0 Å². The number of para-hydroxylation sites is 1. The van der Waals surface area contributed by atoms with Crippen LogP contribution in [0.3, 0.4) is 0 Å². The van der Waals surface area contributed by atoms with E-state index in [-0.39, 0.29) is 6.03 Å². The first-order chi connectivity index (χ1) is 12.7. The van der Waals surface area contributed by atoms with Gasteiger partial charge in [0.2, 0.25) is 0 Å². The van der Waals surface area contributed by atoms with Crippen LogP contribution in [0.5, 0.6) is 0 Å². The van der Waals surface area contributed by atoms with E-state index in [2.05, 4.69) is 23.5 Å². The number of amides is 2. The first-order valence-electron chi connectivity index (χ1n) is 8.78. The van der Waals surface area contributed by atoms with Crippen LogP contribution < -0.4 is 5.32 Å². The topological polar surface area (TPSA) is 45.2 Å². The molecule has 0 unspecified atom stereocenters. The first-order valence-corrected chi connectivity index (χ1v) is 10.8. The van der Waals surface area contributed by atoms with Crippen LogP contribution in [-0.4, -0.2) is 35.3 Å². The van der Waals surface area contributed by atoms with Crippen molar-refractivity contribution in [3.8, 4) is 0 Å². The molecule has 1 fully saturated rings. The summed E-state index contributed by atoms with van der Waals surface area (Å²) in [6.07, 6.45) is 3.99. The molecular weight excluding hydrogens is 362 g/mol. The third-order valence-electron chi connectivity index (χ3n) is 4.78. The summed E-state index contributed by atoms with van der Waals surface area (Å²) in [6, 6.07) is 16.2. The number of nitrogens with zero attached hydrogens (tertiary/aromatic N) is 2. The minimum Gasteiger partial charge on any atom is -0.324 e. The summed E-state index contributed by atoms with van der Waals surface area (Å²) in [4.78, 5) is 20.4. The van der Waals surface area contributed by atoms with E-state index in [1.165, 1.54) is 14.6 Å². The zero-order valence-electron chi connectivity index (χ0n) is 14.6. The summed E-state index contributed by atoms with van der Waals surface area (Å²) in [5.41, 5.74) is 1.93. The molecule has 0 saturated carbocycles. The van der Waals surface area contributed by atoms with Gasteiger partial charge >= 0.3 is 6.03 Å². The number of carbonyl (C=O) groups is 1. The highest BCUT2D eigenvalue weighted by molar-refractivity contribution is 7.98. The number of fused-ring (bicyclic) bond motifs is 1. The Labute approximate surface area is 161 Å². The fraction of sp³-hybridized carbons (Fsp3) is 0.300. The fourth-order valence-corrected chi connectivity index (χ4v) is 4.82. The van der Waals surface area contributed by atoms with Crippen LogP contribution >= 0.6 is 23.1 Å². The number of benzene rings is 2. The molecule has 26 heavy (non-hydrogen) atoms. The van der Waals surface area contributed by atoms with Gasteiger partial charge in [0, 0.05) is 29.6 Å². The predicted molar refractivity (Wildman–Crippen MR) is 110 cm³/mol. The summed E-state index contributed by atoms with van der Waals surface area (Å²) in [5.74, 6) is 0.456. The molecule has 2 heterocycles. The van der Waals surface area contributed by atoms with Crippen LogP contribution in [0.4, 0.5) is 10.5 Å². The predicted octanol–water partition coefficient (Wildman–Crippen LogP) is 5.43. The number of urea groups is 1. The third-order valence-corrected chi connectivity index (χ3v) is 6.73. The van der Waals surface area contributed by atoms with Crippen LogP contribution in [0.25, 0.3) is 10.2 Å². The number of aromatic nitrogens is 1. The fourth-order valence-electron chi connectivity index (χ4n) is 3.27. The first kappa shape index (κ1) is 17.4. The molecule has 0 radical (unpaired) electrons. The Hall–Kier alpha value is -2.05. The third kappa shape index (κ3) is 3.71. The van der Waals surface area contributed by atoms with E-state index in [1.807, 2.05) is 41.5 Å². The second-order valence-electron chi connectivity index (χ2n) is 6.44. The van der Waals surface area contributed by atoms with Gasteiger partial charge in [-0.05, 0) is 55.5 Å². The lowest BCUT2D eigenvalue weighted by atomic mass is 9.98. The molecule has 0 bridgehead atoms. The van der Waals surface area contributed by atoms with Crippen molar-refractivity contribution in [1.82, 2.24) is 9.88 Å². The standard InChI is InChI=1S/C20H21N3OS2/c1-25-16-8-6-15(7-9-16)21-20(24)23-12-10-14(11-13-23)19-22-17-4-2-3-5-18(17)26-19/h2-9,14H,10-13H2,1H3,(H,21,24). The van der Waals surface area contributed by atoms with Gasteiger partial charge in [-0.1, -0.05) is 12.1 Å². The highest BCUT2D eigenvalue weighted by Crippen LogP contribution is 2.33. The molecule has 1 aliphatic rings. The summed E-state index contributed by atoms with van der Waals surface area (Å²) >= 11 is 3.48. The molecule has 134 valence electrons. The van der Waals surface area contributed by atoms with Crippen molar-refractivity contribution in [3.63, 3.8) is 0 Å². The number of hydrogen-bond donors (Lipinski definition) is 1. The van der Waals surface area contributed by atoms with Crippen molar-refractivity contribution >= 4 is 45.0 Å². The zero-order valence-corrected chi connectivity index (χ0v) is 16.3. The summed E-state index contributed by atoms with van der Waals surface area (Å²) in [5, 5.41) is 4.21. The molecule has 6 heteroatoms. The minimum atomic E-state index is -0.00958. The van der Waals surface area contributed by atoms with Crippen molar-refractivity contribution < 1.29 is 4.79 Å². The van der Waals surface area contributed by atoms with E-state index >= 15 is 0 Å². The van der Waals surface area contributed by atoms with Crippen molar-refractivity contribution in [3.05, 3.63) is 53.5 Å². The molecule has 0 atom stereocenters. The maximum Gasteiger partial charge on any atom is 0.321 e. The van der Waals surface area contributed by atoms with Gasteiger partial charge in [0.1, 0.15) is 0 Å². The number of thiazole rings is 1. The number of hydrogen-bond acceptors (Lipinski definition) is 4. The zero-order chi connectivity index (χ0) is 17.9. The molecule has 1 saturated heterocycles. The molecule has 3 aromatic rings. The summed E-state index contributed by atoms with van der Waals surface area (Å²) < 4.78 is 1.25. The Kier molecular flexibility index (Phi) is 5.13. The quantitative estimate of drug-likeness (QED) is 0.613. The smallest absolute Gasteiger partial charge is 0.321 e. The van der Waals surface area contributed by atoms with Gasteiger partial charge in [-0.25, -0.2) is 9.78 Å². The normalized spacial score (nSPS) is 15.3. The Morgan fingerprint density at radius 1 is 1.15 bits per heavy atom. The maximum absolute atomic E-state index is 12.5. The Bertz CT molecular complexity index is 866. The summed E-state index contributed by atoms with van der Waals surface area (Å²) in [6.45, 7) is 1.55. The molecule has 2 aromatic carbocycles. The molecule has 0 aliphatic carbocycles. The molecule has 4 nitrogen and oxygen atoms in total. The minimum absolute atomic E-state index is 0.00958.